The van der Waals surface area contributed by atoms with Gasteiger partial charge in [0.05, 0.1) is 16.3 Å². The number of para-hydroxylation sites is 1. The molecule has 0 saturated carbocycles. The molecule has 0 saturated heterocycles. The first-order valence-corrected chi connectivity index (χ1v) is 7.01. The Kier molecular flexibility index (Phi) is 3.67. The Labute approximate surface area is 128 Å². The monoisotopic (exact) mass is 299 g/mol. The Balaban J connectivity index is 1.82. The molecule has 2 aromatic carbocycles. The molecule has 0 aromatic heterocycles. The molecule has 1 heterocycles. The van der Waals surface area contributed by atoms with Crippen LogP contribution < -0.4 is 10.1 Å². The molecular formula is C17H14ClNO2. The van der Waals surface area contributed by atoms with Gasteiger partial charge in [0.25, 0.3) is 5.91 Å². The van der Waals surface area contributed by atoms with Crippen LogP contribution in [0.5, 0.6) is 5.75 Å². The third-order valence-electron chi connectivity index (χ3n) is 3.30. The second-order valence-corrected chi connectivity index (χ2v) is 5.34. The highest BCUT2D eigenvalue weighted by Crippen LogP contribution is 2.27. The van der Waals surface area contributed by atoms with Crippen LogP contribution in [0.4, 0.5) is 5.69 Å². The highest BCUT2D eigenvalue weighted by Gasteiger charge is 2.17. The van der Waals surface area contributed by atoms with E-state index in [0.29, 0.717) is 16.3 Å². The van der Waals surface area contributed by atoms with E-state index in [9.17, 15) is 4.79 Å². The minimum atomic E-state index is -0.199. The lowest BCUT2D eigenvalue weighted by molar-refractivity contribution is -0.113. The van der Waals surface area contributed by atoms with Gasteiger partial charge < -0.3 is 10.1 Å². The van der Waals surface area contributed by atoms with Crippen molar-refractivity contribution in [3.05, 3.63) is 64.2 Å². The van der Waals surface area contributed by atoms with Crippen molar-refractivity contribution in [1.82, 2.24) is 0 Å². The summed E-state index contributed by atoms with van der Waals surface area (Å²) in [7, 11) is 0. The summed E-state index contributed by atoms with van der Waals surface area (Å²) in [6.07, 6.45) is 1.84. The van der Waals surface area contributed by atoms with Crippen LogP contribution in [0.2, 0.25) is 5.02 Å². The standard InChI is InChI=1S/C17H14ClNO2/c1-11-6-7-15(14(18)8-11)19-17(20)13-9-12-4-2-3-5-16(12)21-10-13/h2-9H,10H2,1H3,(H,19,20). The van der Waals surface area contributed by atoms with Crippen molar-refractivity contribution in [2.24, 2.45) is 0 Å². The fraction of sp³-hybridized carbons (Fsp3) is 0.118. The van der Waals surface area contributed by atoms with Crippen LogP contribution in [0.25, 0.3) is 6.08 Å². The number of carbonyl (C=O) groups is 1. The number of fused-ring (bicyclic) bond motifs is 1. The number of amides is 1. The Morgan fingerprint density at radius 2 is 2.05 bits per heavy atom. The number of aryl methyl sites for hydroxylation is 1. The van der Waals surface area contributed by atoms with Gasteiger partial charge in [0, 0.05) is 5.56 Å². The van der Waals surface area contributed by atoms with Gasteiger partial charge in [0.1, 0.15) is 12.4 Å². The van der Waals surface area contributed by atoms with Crippen molar-refractivity contribution < 1.29 is 9.53 Å². The molecule has 0 aliphatic carbocycles. The predicted octanol–water partition coefficient (Wildman–Crippen LogP) is 4.06. The van der Waals surface area contributed by atoms with Crippen LogP contribution in [0.1, 0.15) is 11.1 Å². The van der Waals surface area contributed by atoms with Gasteiger partial charge in [0.2, 0.25) is 0 Å². The maximum absolute atomic E-state index is 12.3. The molecule has 2 aromatic rings. The molecule has 0 unspecified atom stereocenters. The number of nitrogens with one attached hydrogen (secondary N) is 1. The number of anilines is 1. The second-order valence-electron chi connectivity index (χ2n) is 4.93. The summed E-state index contributed by atoms with van der Waals surface area (Å²) in [6.45, 7) is 2.21. The lowest BCUT2D eigenvalue weighted by Gasteiger charge is -2.17. The summed E-state index contributed by atoms with van der Waals surface area (Å²) in [5, 5.41) is 3.35. The van der Waals surface area contributed by atoms with Crippen LogP contribution in [0.3, 0.4) is 0 Å². The third-order valence-corrected chi connectivity index (χ3v) is 3.61. The van der Waals surface area contributed by atoms with Crippen LogP contribution in [0.15, 0.2) is 48.0 Å². The maximum Gasteiger partial charge on any atom is 0.255 e. The Morgan fingerprint density at radius 3 is 2.86 bits per heavy atom. The number of halogens is 1. The molecule has 0 bridgehead atoms. The fourth-order valence-corrected chi connectivity index (χ4v) is 2.45. The molecule has 0 atom stereocenters. The van der Waals surface area contributed by atoms with Crippen LogP contribution >= 0.6 is 11.6 Å². The Morgan fingerprint density at radius 1 is 1.24 bits per heavy atom. The van der Waals surface area contributed by atoms with E-state index in [2.05, 4.69) is 5.32 Å². The predicted molar refractivity (Wildman–Crippen MR) is 84.7 cm³/mol. The average Bonchev–Trinajstić information content (AvgIpc) is 2.49. The van der Waals surface area contributed by atoms with Gasteiger partial charge in [-0.05, 0) is 36.8 Å². The molecule has 0 radical (unpaired) electrons. The van der Waals surface area contributed by atoms with Crippen LogP contribution in [-0.2, 0) is 4.79 Å². The van der Waals surface area contributed by atoms with Gasteiger partial charge in [-0.25, -0.2) is 0 Å². The van der Waals surface area contributed by atoms with Crippen molar-refractivity contribution in [3.8, 4) is 5.75 Å². The number of carbonyl (C=O) groups excluding carboxylic acids is 1. The number of ether oxygens (including phenoxy) is 1. The second kappa shape index (κ2) is 5.62. The van der Waals surface area contributed by atoms with Gasteiger partial charge in [-0.2, -0.15) is 0 Å². The van der Waals surface area contributed by atoms with E-state index < -0.39 is 0 Å². The SMILES string of the molecule is Cc1ccc(NC(=O)C2=Cc3ccccc3OC2)c(Cl)c1. The molecule has 3 nitrogen and oxygen atoms in total. The number of benzene rings is 2. The summed E-state index contributed by atoms with van der Waals surface area (Å²) < 4.78 is 5.58. The Hall–Kier alpha value is -2.26. The van der Waals surface area contributed by atoms with E-state index in [1.165, 1.54) is 0 Å². The first-order valence-electron chi connectivity index (χ1n) is 6.63. The molecule has 3 rings (SSSR count). The highest BCUT2D eigenvalue weighted by molar-refractivity contribution is 6.34. The lowest BCUT2D eigenvalue weighted by Crippen LogP contribution is -2.21. The minimum absolute atomic E-state index is 0.199. The molecule has 1 aliphatic rings. The van der Waals surface area contributed by atoms with Crippen LogP contribution in [-0.4, -0.2) is 12.5 Å². The number of hydrogen-bond donors (Lipinski definition) is 1. The molecule has 1 aliphatic heterocycles. The van der Waals surface area contributed by atoms with E-state index in [1.807, 2.05) is 49.4 Å². The van der Waals surface area contributed by atoms with E-state index in [-0.39, 0.29) is 12.5 Å². The number of rotatable bonds is 2. The molecular weight excluding hydrogens is 286 g/mol. The van der Waals surface area contributed by atoms with Gasteiger partial charge in [0.15, 0.2) is 0 Å². The van der Waals surface area contributed by atoms with Crippen molar-refractivity contribution in [2.75, 3.05) is 11.9 Å². The number of hydrogen-bond acceptors (Lipinski definition) is 2. The summed E-state index contributed by atoms with van der Waals surface area (Å²) in [5.41, 5.74) is 3.13. The molecule has 106 valence electrons. The third kappa shape index (κ3) is 2.93. The molecule has 1 amide bonds. The normalized spacial score (nSPS) is 13.0. The van der Waals surface area contributed by atoms with Crippen LogP contribution in [0, 0.1) is 6.92 Å². The first kappa shape index (κ1) is 13.7. The van der Waals surface area contributed by atoms with Crippen molar-refractivity contribution in [3.63, 3.8) is 0 Å². The quantitative estimate of drug-likeness (QED) is 0.908. The summed E-state index contributed by atoms with van der Waals surface area (Å²) in [5.74, 6) is 0.595. The average molecular weight is 300 g/mol. The molecule has 1 N–H and O–H groups in total. The zero-order valence-electron chi connectivity index (χ0n) is 11.5. The van der Waals surface area contributed by atoms with E-state index >= 15 is 0 Å². The summed E-state index contributed by atoms with van der Waals surface area (Å²) in [6, 6.07) is 13.1. The lowest BCUT2D eigenvalue weighted by atomic mass is 10.1. The topological polar surface area (TPSA) is 38.3 Å². The first-order chi connectivity index (χ1) is 10.1. The minimum Gasteiger partial charge on any atom is -0.488 e. The van der Waals surface area contributed by atoms with E-state index in [0.717, 1.165) is 16.9 Å². The van der Waals surface area contributed by atoms with E-state index in [4.69, 9.17) is 16.3 Å². The summed E-state index contributed by atoms with van der Waals surface area (Å²) >= 11 is 6.13. The molecule has 0 spiro atoms. The van der Waals surface area contributed by atoms with Gasteiger partial charge in [-0.1, -0.05) is 35.9 Å². The highest BCUT2D eigenvalue weighted by atomic mass is 35.5. The van der Waals surface area contributed by atoms with Gasteiger partial charge in [-0.3, -0.25) is 4.79 Å². The zero-order valence-corrected chi connectivity index (χ0v) is 12.3. The van der Waals surface area contributed by atoms with Crippen molar-refractivity contribution in [2.45, 2.75) is 6.92 Å². The molecule has 0 fully saturated rings. The maximum atomic E-state index is 12.3. The fourth-order valence-electron chi connectivity index (χ4n) is 2.17. The smallest absolute Gasteiger partial charge is 0.255 e. The van der Waals surface area contributed by atoms with Gasteiger partial charge >= 0.3 is 0 Å². The largest absolute Gasteiger partial charge is 0.488 e. The molecule has 21 heavy (non-hydrogen) atoms. The molecule has 4 heteroatoms. The zero-order chi connectivity index (χ0) is 14.8. The van der Waals surface area contributed by atoms with Crippen molar-refractivity contribution in [1.29, 1.82) is 0 Å². The Bertz CT molecular complexity index is 737. The summed E-state index contributed by atoms with van der Waals surface area (Å²) in [4.78, 5) is 12.3. The van der Waals surface area contributed by atoms with E-state index in [1.54, 1.807) is 6.07 Å². The van der Waals surface area contributed by atoms with Gasteiger partial charge in [-0.15, -0.1) is 0 Å². The van der Waals surface area contributed by atoms with Crippen molar-refractivity contribution >= 4 is 29.3 Å².